The molecule has 232 valence electrons. The number of carbonyl (C=O) groups is 3. The third-order valence-electron chi connectivity index (χ3n) is 7.56. The Bertz CT molecular complexity index is 1360. The third kappa shape index (κ3) is 12.0. The van der Waals surface area contributed by atoms with Crippen molar-refractivity contribution in [2.24, 2.45) is 0 Å². The number of nitrogens with zero attached hydrogens (tertiary/aromatic N) is 1. The summed E-state index contributed by atoms with van der Waals surface area (Å²) < 4.78 is 5.82. The van der Waals surface area contributed by atoms with E-state index in [0.29, 0.717) is 51.9 Å². The standard InChI is InChI=1S/C36H44N4O4/c41-34(13-7-14-35(42)38-23-21-28-9-3-1-4-10-28)37-22-8-24-44-33-19-16-30(17-20-33)31-15-18-32(39-27-31)25-36(43)40-26-29-11-5-2-6-12-29/h2,5-6,9,11-12,15-20,27H,1,3-4,7-8,10,13-14,21-26H2,(H,37,41)(H,38,42)(H,40,43). The number of aromatic nitrogens is 1. The lowest BCUT2D eigenvalue weighted by Gasteiger charge is -2.13. The molecule has 3 N–H and O–H groups in total. The largest absolute Gasteiger partial charge is 0.494 e. The minimum Gasteiger partial charge on any atom is -0.494 e. The summed E-state index contributed by atoms with van der Waals surface area (Å²) in [5, 5.41) is 8.79. The van der Waals surface area contributed by atoms with E-state index in [1.54, 1.807) is 6.20 Å². The summed E-state index contributed by atoms with van der Waals surface area (Å²) in [7, 11) is 0. The summed E-state index contributed by atoms with van der Waals surface area (Å²) >= 11 is 0. The summed E-state index contributed by atoms with van der Waals surface area (Å²) in [6, 6.07) is 21.4. The van der Waals surface area contributed by atoms with Gasteiger partial charge in [0, 0.05) is 49.9 Å². The van der Waals surface area contributed by atoms with Gasteiger partial charge in [-0.05, 0) is 74.3 Å². The van der Waals surface area contributed by atoms with Gasteiger partial charge in [0.1, 0.15) is 5.75 Å². The molecule has 8 heteroatoms. The van der Waals surface area contributed by atoms with Crippen molar-refractivity contribution in [3.05, 3.63) is 95.8 Å². The number of carbonyl (C=O) groups excluding carboxylic acids is 3. The van der Waals surface area contributed by atoms with Crippen LogP contribution >= 0.6 is 0 Å². The summed E-state index contributed by atoms with van der Waals surface area (Å²) in [6.07, 6.45) is 12.0. The fourth-order valence-corrected chi connectivity index (χ4v) is 5.04. The van der Waals surface area contributed by atoms with Gasteiger partial charge in [-0.1, -0.05) is 60.2 Å². The molecule has 0 radical (unpaired) electrons. The van der Waals surface area contributed by atoms with Gasteiger partial charge in [0.25, 0.3) is 0 Å². The highest BCUT2D eigenvalue weighted by atomic mass is 16.5. The molecule has 1 heterocycles. The van der Waals surface area contributed by atoms with Crippen molar-refractivity contribution < 1.29 is 19.1 Å². The van der Waals surface area contributed by atoms with Crippen molar-refractivity contribution in [1.82, 2.24) is 20.9 Å². The molecule has 44 heavy (non-hydrogen) atoms. The molecular formula is C36H44N4O4. The van der Waals surface area contributed by atoms with Gasteiger partial charge in [-0.3, -0.25) is 19.4 Å². The quantitative estimate of drug-likeness (QED) is 0.137. The van der Waals surface area contributed by atoms with Gasteiger partial charge in [-0.15, -0.1) is 0 Å². The molecule has 0 saturated heterocycles. The highest BCUT2D eigenvalue weighted by molar-refractivity contribution is 5.79. The molecule has 1 aromatic heterocycles. The highest BCUT2D eigenvalue weighted by Crippen LogP contribution is 2.22. The van der Waals surface area contributed by atoms with Gasteiger partial charge in [-0.2, -0.15) is 0 Å². The minimum absolute atomic E-state index is 0.0149. The number of benzene rings is 2. The monoisotopic (exact) mass is 596 g/mol. The molecule has 0 saturated carbocycles. The van der Waals surface area contributed by atoms with Crippen LogP contribution in [0.4, 0.5) is 0 Å². The first-order valence-corrected chi connectivity index (χ1v) is 15.8. The zero-order valence-electron chi connectivity index (χ0n) is 25.5. The molecule has 0 spiro atoms. The average molecular weight is 597 g/mol. The van der Waals surface area contributed by atoms with Crippen molar-refractivity contribution in [2.75, 3.05) is 19.7 Å². The maximum Gasteiger partial charge on any atom is 0.226 e. The second-order valence-electron chi connectivity index (χ2n) is 11.1. The minimum atomic E-state index is -0.0619. The maximum atomic E-state index is 12.3. The Kier molecular flexibility index (Phi) is 13.5. The van der Waals surface area contributed by atoms with E-state index in [0.717, 1.165) is 47.4 Å². The predicted octanol–water partition coefficient (Wildman–Crippen LogP) is 5.67. The molecule has 8 nitrogen and oxygen atoms in total. The van der Waals surface area contributed by atoms with Crippen LogP contribution in [0.1, 0.15) is 69.0 Å². The van der Waals surface area contributed by atoms with E-state index in [4.69, 9.17) is 4.74 Å². The van der Waals surface area contributed by atoms with Crippen LogP contribution in [0.15, 0.2) is 84.6 Å². The smallest absolute Gasteiger partial charge is 0.226 e. The second kappa shape index (κ2) is 18.3. The molecule has 3 amide bonds. The summed E-state index contributed by atoms with van der Waals surface area (Å²) in [5.41, 5.74) is 5.20. The molecule has 0 fully saturated rings. The predicted molar refractivity (Wildman–Crippen MR) is 173 cm³/mol. The van der Waals surface area contributed by atoms with Crippen molar-refractivity contribution in [1.29, 1.82) is 0 Å². The first-order valence-electron chi connectivity index (χ1n) is 15.8. The number of rotatable bonds is 17. The molecule has 3 aromatic rings. The van der Waals surface area contributed by atoms with Gasteiger partial charge in [0.2, 0.25) is 17.7 Å². The molecule has 2 aromatic carbocycles. The Morgan fingerprint density at radius 2 is 1.50 bits per heavy atom. The molecule has 1 aliphatic carbocycles. The Balaban J connectivity index is 1.04. The Morgan fingerprint density at radius 3 is 2.20 bits per heavy atom. The van der Waals surface area contributed by atoms with E-state index in [1.807, 2.05) is 66.7 Å². The lowest BCUT2D eigenvalue weighted by Crippen LogP contribution is -2.27. The molecule has 4 rings (SSSR count). The number of hydrogen-bond donors (Lipinski definition) is 3. The van der Waals surface area contributed by atoms with Gasteiger partial charge in [0.05, 0.1) is 13.0 Å². The SMILES string of the molecule is O=C(CCCC(=O)NCCC1=CCCCC1)NCCCOc1ccc(-c2ccc(CC(=O)NCc3ccccc3)nc2)cc1. The number of hydrogen-bond acceptors (Lipinski definition) is 5. The number of allylic oxidation sites excluding steroid dienone is 1. The van der Waals surface area contributed by atoms with Crippen LogP contribution in [-0.4, -0.2) is 42.4 Å². The number of pyridine rings is 1. The van der Waals surface area contributed by atoms with Gasteiger partial charge in [0.15, 0.2) is 0 Å². The van der Waals surface area contributed by atoms with Gasteiger partial charge >= 0.3 is 0 Å². The normalized spacial score (nSPS) is 12.6. The van der Waals surface area contributed by atoms with E-state index in [2.05, 4.69) is 27.0 Å². The molecule has 0 atom stereocenters. The van der Waals surface area contributed by atoms with Gasteiger partial charge in [-0.25, -0.2) is 0 Å². The second-order valence-corrected chi connectivity index (χ2v) is 11.1. The van der Waals surface area contributed by atoms with E-state index in [1.165, 1.54) is 18.4 Å². The lowest BCUT2D eigenvalue weighted by molar-refractivity contribution is -0.123. The number of nitrogens with one attached hydrogen (secondary N) is 3. The molecule has 0 bridgehead atoms. The maximum absolute atomic E-state index is 12.3. The number of ether oxygens (including phenoxy) is 1. The van der Waals surface area contributed by atoms with Crippen LogP contribution in [0.2, 0.25) is 0 Å². The Hall–Kier alpha value is -4.46. The first-order chi connectivity index (χ1) is 21.5. The topological polar surface area (TPSA) is 109 Å². The van der Waals surface area contributed by atoms with Crippen LogP contribution in [0, 0.1) is 0 Å². The molecule has 0 unspecified atom stereocenters. The third-order valence-corrected chi connectivity index (χ3v) is 7.56. The Labute approximate surface area is 260 Å². The highest BCUT2D eigenvalue weighted by Gasteiger charge is 2.08. The van der Waals surface area contributed by atoms with E-state index >= 15 is 0 Å². The summed E-state index contributed by atoms with van der Waals surface area (Å²) in [5.74, 6) is 0.668. The van der Waals surface area contributed by atoms with Crippen LogP contribution in [0.25, 0.3) is 11.1 Å². The fourth-order valence-electron chi connectivity index (χ4n) is 5.04. The van der Waals surface area contributed by atoms with Crippen LogP contribution in [-0.2, 0) is 27.3 Å². The van der Waals surface area contributed by atoms with Crippen LogP contribution in [0.5, 0.6) is 5.75 Å². The van der Waals surface area contributed by atoms with Crippen molar-refractivity contribution in [2.45, 2.75) is 70.8 Å². The molecular weight excluding hydrogens is 552 g/mol. The fraction of sp³-hybridized carbons (Fsp3) is 0.389. The van der Waals surface area contributed by atoms with Crippen LogP contribution < -0.4 is 20.7 Å². The van der Waals surface area contributed by atoms with Crippen molar-refractivity contribution in [3.63, 3.8) is 0 Å². The molecule has 1 aliphatic rings. The van der Waals surface area contributed by atoms with E-state index in [9.17, 15) is 14.4 Å². The van der Waals surface area contributed by atoms with Crippen molar-refractivity contribution >= 4 is 17.7 Å². The summed E-state index contributed by atoms with van der Waals surface area (Å²) in [4.78, 5) is 40.8. The van der Waals surface area contributed by atoms with Gasteiger partial charge < -0.3 is 20.7 Å². The zero-order valence-corrected chi connectivity index (χ0v) is 25.5. The van der Waals surface area contributed by atoms with E-state index in [-0.39, 0.29) is 24.1 Å². The zero-order chi connectivity index (χ0) is 30.8. The van der Waals surface area contributed by atoms with Crippen LogP contribution in [0.3, 0.4) is 0 Å². The average Bonchev–Trinajstić information content (AvgIpc) is 3.05. The molecule has 0 aliphatic heterocycles. The van der Waals surface area contributed by atoms with E-state index < -0.39 is 0 Å². The first kappa shape index (κ1) is 32.5. The number of amides is 3. The lowest BCUT2D eigenvalue weighted by atomic mass is 9.97. The Morgan fingerprint density at radius 1 is 0.750 bits per heavy atom. The van der Waals surface area contributed by atoms with Crippen molar-refractivity contribution in [3.8, 4) is 16.9 Å². The summed E-state index contributed by atoms with van der Waals surface area (Å²) in [6.45, 7) is 2.20.